The Kier molecular flexibility index (Phi) is 4.53. The molecular weight excluding hydrogens is 395 g/mol. The quantitative estimate of drug-likeness (QED) is 0.483. The van der Waals surface area contributed by atoms with Crippen molar-refractivity contribution >= 4 is 5.82 Å². The van der Waals surface area contributed by atoms with Crippen molar-refractivity contribution in [1.29, 1.82) is 0 Å². The summed E-state index contributed by atoms with van der Waals surface area (Å²) in [6, 6.07) is 4.83. The molecule has 1 aromatic carbocycles. The van der Waals surface area contributed by atoms with Crippen LogP contribution in [0.3, 0.4) is 0 Å². The van der Waals surface area contributed by atoms with E-state index >= 15 is 0 Å². The van der Waals surface area contributed by atoms with Crippen LogP contribution < -0.4 is 9.47 Å². The predicted octanol–water partition coefficient (Wildman–Crippen LogP) is 3.11. The zero-order valence-corrected chi connectivity index (χ0v) is 14.5. The Morgan fingerprint density at radius 1 is 1.17 bits per heavy atom. The predicted molar refractivity (Wildman–Crippen MR) is 91.3 cm³/mol. The molecule has 0 N–H and O–H groups in total. The summed E-state index contributed by atoms with van der Waals surface area (Å²) in [5, 5.41) is 10.8. The average molecular weight is 407 g/mol. The number of nitro groups is 1. The second kappa shape index (κ2) is 7.04. The Labute approximate surface area is 160 Å². The van der Waals surface area contributed by atoms with Crippen molar-refractivity contribution in [2.75, 3.05) is 6.61 Å². The second-order valence-corrected chi connectivity index (χ2v) is 6.17. The summed E-state index contributed by atoms with van der Waals surface area (Å²) in [5.74, 6) is -0.321. The number of rotatable bonds is 4. The third kappa shape index (κ3) is 3.95. The summed E-state index contributed by atoms with van der Waals surface area (Å²) in [6.45, 7) is 0.373. The van der Waals surface area contributed by atoms with Crippen LogP contribution in [-0.4, -0.2) is 37.2 Å². The lowest BCUT2D eigenvalue weighted by Crippen LogP contribution is -2.34. The number of nitrogens with zero attached hydrogens (tertiary/aromatic N) is 5. The van der Waals surface area contributed by atoms with Gasteiger partial charge in [0, 0.05) is 22.9 Å². The maximum Gasteiger partial charge on any atom is 0.416 e. The summed E-state index contributed by atoms with van der Waals surface area (Å²) in [4.78, 5) is 22.0. The van der Waals surface area contributed by atoms with Crippen LogP contribution in [0.2, 0.25) is 0 Å². The molecular formula is C17H12F3N5O4. The molecule has 1 aliphatic rings. The van der Waals surface area contributed by atoms with Gasteiger partial charge >= 0.3 is 24.0 Å². The molecule has 0 amide bonds. The average Bonchev–Trinajstić information content (AvgIpc) is 3.12. The number of ether oxygens (including phenoxy) is 2. The van der Waals surface area contributed by atoms with Gasteiger partial charge in [0.2, 0.25) is 0 Å². The van der Waals surface area contributed by atoms with Gasteiger partial charge in [-0.1, -0.05) is 12.1 Å². The van der Waals surface area contributed by atoms with E-state index < -0.39 is 22.8 Å². The molecule has 3 heterocycles. The number of fused-ring (bicyclic) bond motifs is 1. The van der Waals surface area contributed by atoms with Crippen LogP contribution in [0.25, 0.3) is 11.1 Å². The number of hydrogen-bond acceptors (Lipinski definition) is 7. The van der Waals surface area contributed by atoms with Crippen LogP contribution in [0.4, 0.5) is 19.0 Å². The van der Waals surface area contributed by atoms with E-state index in [-0.39, 0.29) is 31.0 Å². The molecule has 0 bridgehead atoms. The van der Waals surface area contributed by atoms with Gasteiger partial charge in [0.05, 0.1) is 12.1 Å². The first-order chi connectivity index (χ1) is 13.8. The van der Waals surface area contributed by atoms with Crippen molar-refractivity contribution in [1.82, 2.24) is 19.5 Å². The zero-order valence-electron chi connectivity index (χ0n) is 14.5. The van der Waals surface area contributed by atoms with Crippen LogP contribution in [-0.2, 0) is 12.7 Å². The smallest absolute Gasteiger partial charge is 0.416 e. The van der Waals surface area contributed by atoms with E-state index in [1.54, 1.807) is 0 Å². The van der Waals surface area contributed by atoms with Crippen molar-refractivity contribution in [3.05, 3.63) is 58.5 Å². The van der Waals surface area contributed by atoms with Crippen molar-refractivity contribution in [2.24, 2.45) is 0 Å². The van der Waals surface area contributed by atoms with Gasteiger partial charge in [0.25, 0.3) is 0 Å². The number of aromatic nitrogens is 4. The monoisotopic (exact) mass is 407 g/mol. The molecule has 3 aromatic rings. The van der Waals surface area contributed by atoms with Crippen LogP contribution in [0.1, 0.15) is 5.56 Å². The molecule has 150 valence electrons. The van der Waals surface area contributed by atoms with Crippen molar-refractivity contribution in [3.8, 4) is 23.1 Å². The highest BCUT2D eigenvalue weighted by Crippen LogP contribution is 2.31. The number of hydrogen-bond donors (Lipinski definition) is 0. The second-order valence-electron chi connectivity index (χ2n) is 6.17. The summed E-state index contributed by atoms with van der Waals surface area (Å²) < 4.78 is 50.4. The Morgan fingerprint density at radius 2 is 1.86 bits per heavy atom. The fraction of sp³-hybridized carbons (Fsp3) is 0.235. The fourth-order valence-corrected chi connectivity index (χ4v) is 2.76. The lowest BCUT2D eigenvalue weighted by molar-refractivity contribution is -0.389. The first kappa shape index (κ1) is 18.7. The normalized spacial score (nSPS) is 16.0. The number of halogens is 3. The third-order valence-corrected chi connectivity index (χ3v) is 4.16. The topological polar surface area (TPSA) is 105 Å². The number of benzene rings is 1. The molecule has 12 heteroatoms. The Morgan fingerprint density at radius 3 is 2.48 bits per heavy atom. The zero-order chi connectivity index (χ0) is 20.6. The maximum atomic E-state index is 12.6. The highest BCUT2D eigenvalue weighted by molar-refractivity contribution is 5.61. The van der Waals surface area contributed by atoms with Crippen molar-refractivity contribution in [2.45, 2.75) is 18.8 Å². The molecule has 0 fully saturated rings. The van der Waals surface area contributed by atoms with E-state index in [0.29, 0.717) is 11.1 Å². The van der Waals surface area contributed by atoms with E-state index in [4.69, 9.17) is 9.47 Å². The molecule has 0 aliphatic carbocycles. The minimum Gasteiger partial charge on any atom is -0.455 e. The third-order valence-electron chi connectivity index (χ3n) is 4.16. The van der Waals surface area contributed by atoms with Crippen LogP contribution in [0.5, 0.6) is 12.0 Å². The van der Waals surface area contributed by atoms with Gasteiger partial charge < -0.3 is 19.6 Å². The minimum atomic E-state index is -4.40. The van der Waals surface area contributed by atoms with Gasteiger partial charge in [-0.3, -0.25) is 4.57 Å². The fourth-order valence-electron chi connectivity index (χ4n) is 2.76. The van der Waals surface area contributed by atoms with Gasteiger partial charge in [-0.15, -0.1) is 0 Å². The highest BCUT2D eigenvalue weighted by Gasteiger charge is 2.30. The van der Waals surface area contributed by atoms with E-state index in [2.05, 4.69) is 15.0 Å². The Balaban J connectivity index is 1.43. The van der Waals surface area contributed by atoms with E-state index in [1.165, 1.54) is 35.3 Å². The highest BCUT2D eigenvalue weighted by atomic mass is 19.4. The van der Waals surface area contributed by atoms with Gasteiger partial charge in [0.1, 0.15) is 12.8 Å². The first-order valence-electron chi connectivity index (χ1n) is 8.30. The minimum absolute atomic E-state index is 0.0485. The van der Waals surface area contributed by atoms with Gasteiger partial charge in [-0.05, 0) is 22.6 Å². The molecule has 9 nitrogen and oxygen atoms in total. The summed E-state index contributed by atoms with van der Waals surface area (Å²) in [6.07, 6.45) is -0.776. The largest absolute Gasteiger partial charge is 0.455 e. The molecule has 0 unspecified atom stereocenters. The van der Waals surface area contributed by atoms with Gasteiger partial charge in [0.15, 0.2) is 6.10 Å². The van der Waals surface area contributed by atoms with E-state index in [0.717, 1.165) is 12.1 Å². The van der Waals surface area contributed by atoms with Gasteiger partial charge in [-0.25, -0.2) is 9.97 Å². The van der Waals surface area contributed by atoms with Crippen molar-refractivity contribution in [3.63, 3.8) is 0 Å². The number of imidazole rings is 1. The van der Waals surface area contributed by atoms with Crippen molar-refractivity contribution < 1.29 is 27.6 Å². The number of alkyl halides is 3. The SMILES string of the molecule is O=[N+]([O-])c1cn2c(n1)OC[C@@H](Oc1ncc(-c3ccc(C(F)(F)F)cc3)cn1)C2. The molecule has 2 aromatic heterocycles. The standard InChI is InChI=1S/C17H12F3N5O4/c18-17(19,20)12-3-1-10(2-4-12)11-5-21-15(22-6-11)29-13-7-24-8-14(25(26)27)23-16(24)28-9-13/h1-6,8,13H,7,9H2/t13-/m0/s1. The lowest BCUT2D eigenvalue weighted by atomic mass is 10.1. The van der Waals surface area contributed by atoms with Crippen LogP contribution in [0, 0.1) is 10.1 Å². The Hall–Kier alpha value is -3.70. The van der Waals surface area contributed by atoms with Gasteiger partial charge in [-0.2, -0.15) is 13.2 Å². The van der Waals surface area contributed by atoms with E-state index in [9.17, 15) is 23.3 Å². The maximum absolute atomic E-state index is 12.6. The molecule has 0 saturated heterocycles. The van der Waals surface area contributed by atoms with E-state index in [1.807, 2.05) is 0 Å². The Bertz CT molecular complexity index is 1030. The molecule has 0 radical (unpaired) electrons. The molecule has 0 saturated carbocycles. The summed E-state index contributed by atoms with van der Waals surface area (Å²) >= 11 is 0. The summed E-state index contributed by atoms with van der Waals surface area (Å²) in [5.41, 5.74) is 0.318. The molecule has 0 spiro atoms. The summed E-state index contributed by atoms with van der Waals surface area (Å²) in [7, 11) is 0. The lowest BCUT2D eigenvalue weighted by Gasteiger charge is -2.21. The molecule has 1 atom stereocenters. The first-order valence-corrected chi connectivity index (χ1v) is 8.30. The molecule has 29 heavy (non-hydrogen) atoms. The van der Waals surface area contributed by atoms with Crippen LogP contribution >= 0.6 is 0 Å². The molecule has 4 rings (SSSR count). The van der Waals surface area contributed by atoms with Crippen LogP contribution in [0.15, 0.2) is 42.9 Å². The molecule has 1 aliphatic heterocycles.